The summed E-state index contributed by atoms with van der Waals surface area (Å²) in [4.78, 5) is 19.2. The van der Waals surface area contributed by atoms with Crippen LogP contribution >= 0.6 is 24.2 Å². The molecule has 1 aromatic carbocycles. The quantitative estimate of drug-likeness (QED) is 0.812. The molecule has 1 N–H and O–H groups in total. The first-order chi connectivity index (χ1) is 11.8. The molecule has 0 radical (unpaired) electrons. The number of hydrogen-bond donors (Lipinski definition) is 1. The molecule has 1 amide bonds. The number of thioether (sulfide) groups is 1. The van der Waals surface area contributed by atoms with Gasteiger partial charge >= 0.3 is 0 Å². The van der Waals surface area contributed by atoms with Crippen molar-refractivity contribution in [3.05, 3.63) is 59.8 Å². The molecule has 0 bridgehead atoms. The molecular weight excluding hydrogens is 354 g/mol. The third-order valence-electron chi connectivity index (χ3n) is 4.10. The molecule has 0 unspecified atom stereocenters. The summed E-state index contributed by atoms with van der Waals surface area (Å²) in [7, 11) is 0. The summed E-state index contributed by atoms with van der Waals surface area (Å²) in [5.41, 5.74) is 2.05. The van der Waals surface area contributed by atoms with E-state index in [1.807, 2.05) is 23.1 Å². The molecule has 0 spiro atoms. The van der Waals surface area contributed by atoms with Gasteiger partial charge < -0.3 is 10.2 Å². The van der Waals surface area contributed by atoms with E-state index in [0.29, 0.717) is 0 Å². The summed E-state index contributed by atoms with van der Waals surface area (Å²) >= 11 is 1.67. The van der Waals surface area contributed by atoms with E-state index in [2.05, 4.69) is 34.6 Å². The Kier molecular flexibility index (Phi) is 8.25. The van der Waals surface area contributed by atoms with Gasteiger partial charge in [-0.25, -0.2) is 4.98 Å². The number of amides is 1. The highest BCUT2D eigenvalue weighted by Crippen LogP contribution is 2.22. The van der Waals surface area contributed by atoms with Gasteiger partial charge in [-0.2, -0.15) is 0 Å². The van der Waals surface area contributed by atoms with Crippen molar-refractivity contribution in [2.24, 2.45) is 0 Å². The van der Waals surface area contributed by atoms with Crippen LogP contribution in [0.25, 0.3) is 0 Å². The van der Waals surface area contributed by atoms with E-state index in [1.165, 1.54) is 5.56 Å². The summed E-state index contributed by atoms with van der Waals surface area (Å²) in [6.45, 7) is 3.43. The third-order valence-corrected chi connectivity index (χ3v) is 5.11. The van der Waals surface area contributed by atoms with Gasteiger partial charge in [0.15, 0.2) is 0 Å². The largest absolute Gasteiger partial charge is 0.337 e. The zero-order chi connectivity index (χ0) is 16.6. The number of aryl methyl sites for hydroxylation is 1. The maximum absolute atomic E-state index is 12.9. The molecule has 0 saturated carbocycles. The maximum atomic E-state index is 12.9. The highest BCUT2D eigenvalue weighted by molar-refractivity contribution is 7.99. The minimum absolute atomic E-state index is 0. The smallest absolute Gasteiger partial charge is 0.256 e. The van der Waals surface area contributed by atoms with E-state index >= 15 is 0 Å². The summed E-state index contributed by atoms with van der Waals surface area (Å²) in [6.07, 6.45) is 3.75. The predicted octanol–water partition coefficient (Wildman–Crippen LogP) is 3.27. The Hall–Kier alpha value is -1.56. The molecule has 1 aliphatic heterocycles. The van der Waals surface area contributed by atoms with Crippen LogP contribution in [0.2, 0.25) is 0 Å². The van der Waals surface area contributed by atoms with Crippen molar-refractivity contribution in [2.45, 2.75) is 17.9 Å². The second-order valence-electron chi connectivity index (χ2n) is 5.84. The van der Waals surface area contributed by atoms with Crippen molar-refractivity contribution in [1.29, 1.82) is 0 Å². The molecule has 1 aromatic heterocycles. The number of nitrogens with zero attached hydrogens (tertiary/aromatic N) is 2. The highest BCUT2D eigenvalue weighted by Gasteiger charge is 2.20. The van der Waals surface area contributed by atoms with Crippen LogP contribution in [0.3, 0.4) is 0 Å². The molecule has 6 heteroatoms. The number of carbonyl (C=O) groups excluding carboxylic acids is 1. The van der Waals surface area contributed by atoms with E-state index in [-0.39, 0.29) is 18.3 Å². The average Bonchev–Trinajstić information content (AvgIpc) is 2.92. The third kappa shape index (κ3) is 5.73. The van der Waals surface area contributed by atoms with Crippen molar-refractivity contribution in [3.63, 3.8) is 0 Å². The van der Waals surface area contributed by atoms with Gasteiger partial charge in [0.25, 0.3) is 5.91 Å². The van der Waals surface area contributed by atoms with Crippen molar-refractivity contribution in [2.75, 3.05) is 31.9 Å². The van der Waals surface area contributed by atoms with Crippen LogP contribution in [0.5, 0.6) is 0 Å². The fourth-order valence-electron chi connectivity index (χ4n) is 2.80. The van der Waals surface area contributed by atoms with Crippen LogP contribution in [0.15, 0.2) is 53.7 Å². The summed E-state index contributed by atoms with van der Waals surface area (Å²) < 4.78 is 0. The Morgan fingerprint density at radius 3 is 2.80 bits per heavy atom. The lowest BCUT2D eigenvalue weighted by atomic mass is 10.2. The molecule has 1 fully saturated rings. The normalized spacial score (nSPS) is 14.5. The Labute approximate surface area is 159 Å². The number of nitrogens with one attached hydrogen (secondary N) is 1. The molecule has 4 nitrogen and oxygen atoms in total. The minimum atomic E-state index is 0. The SMILES string of the molecule is Cl.O=C(c1cccnc1SCCc1ccccc1)N1CCCNCC1. The second-order valence-corrected chi connectivity index (χ2v) is 6.92. The monoisotopic (exact) mass is 377 g/mol. The Morgan fingerprint density at radius 2 is 1.96 bits per heavy atom. The highest BCUT2D eigenvalue weighted by atomic mass is 35.5. The second kappa shape index (κ2) is 10.4. The lowest BCUT2D eigenvalue weighted by Crippen LogP contribution is -2.34. The van der Waals surface area contributed by atoms with Crippen LogP contribution < -0.4 is 5.32 Å². The molecule has 134 valence electrons. The van der Waals surface area contributed by atoms with Crippen LogP contribution in [-0.2, 0) is 6.42 Å². The van der Waals surface area contributed by atoms with Gasteiger partial charge in [-0.15, -0.1) is 24.2 Å². The van der Waals surface area contributed by atoms with E-state index in [0.717, 1.165) is 55.4 Å². The number of carbonyl (C=O) groups is 1. The molecule has 0 aliphatic carbocycles. The minimum Gasteiger partial charge on any atom is -0.337 e. The van der Waals surface area contributed by atoms with E-state index in [4.69, 9.17) is 0 Å². The first-order valence-corrected chi connectivity index (χ1v) is 9.45. The average molecular weight is 378 g/mol. The summed E-state index contributed by atoms with van der Waals surface area (Å²) in [5, 5.41) is 4.18. The van der Waals surface area contributed by atoms with E-state index in [1.54, 1.807) is 18.0 Å². The molecule has 25 heavy (non-hydrogen) atoms. The molecule has 2 aromatic rings. The molecule has 1 saturated heterocycles. The number of pyridine rings is 1. The zero-order valence-electron chi connectivity index (χ0n) is 14.2. The van der Waals surface area contributed by atoms with Gasteiger partial charge in [0.1, 0.15) is 5.03 Å². The zero-order valence-corrected chi connectivity index (χ0v) is 15.8. The van der Waals surface area contributed by atoms with Crippen LogP contribution in [0.1, 0.15) is 22.3 Å². The van der Waals surface area contributed by atoms with Gasteiger partial charge in [0, 0.05) is 31.6 Å². The van der Waals surface area contributed by atoms with Crippen molar-refractivity contribution in [3.8, 4) is 0 Å². The topological polar surface area (TPSA) is 45.2 Å². The number of benzene rings is 1. The number of rotatable bonds is 5. The fourth-order valence-corrected chi connectivity index (χ4v) is 3.78. The molecule has 0 atom stereocenters. The fraction of sp³-hybridized carbons (Fsp3) is 0.368. The van der Waals surface area contributed by atoms with Crippen molar-refractivity contribution >= 4 is 30.1 Å². The first kappa shape index (κ1) is 19.8. The summed E-state index contributed by atoms with van der Waals surface area (Å²) in [5.74, 6) is 1.03. The predicted molar refractivity (Wildman–Crippen MR) is 106 cm³/mol. The Morgan fingerprint density at radius 1 is 1.12 bits per heavy atom. The first-order valence-electron chi connectivity index (χ1n) is 8.46. The van der Waals surface area contributed by atoms with Crippen molar-refractivity contribution < 1.29 is 4.79 Å². The lowest BCUT2D eigenvalue weighted by molar-refractivity contribution is 0.0762. The molecule has 2 heterocycles. The van der Waals surface area contributed by atoms with Gasteiger partial charge in [-0.1, -0.05) is 30.3 Å². The van der Waals surface area contributed by atoms with Crippen LogP contribution in [-0.4, -0.2) is 47.7 Å². The Balaban J connectivity index is 0.00000225. The van der Waals surface area contributed by atoms with E-state index in [9.17, 15) is 4.79 Å². The summed E-state index contributed by atoms with van der Waals surface area (Å²) in [6, 6.07) is 14.2. The van der Waals surface area contributed by atoms with Gasteiger partial charge in [-0.05, 0) is 37.1 Å². The van der Waals surface area contributed by atoms with E-state index < -0.39 is 0 Å². The number of hydrogen-bond acceptors (Lipinski definition) is 4. The van der Waals surface area contributed by atoms with Crippen molar-refractivity contribution in [1.82, 2.24) is 15.2 Å². The van der Waals surface area contributed by atoms with Crippen LogP contribution in [0.4, 0.5) is 0 Å². The molecule has 3 rings (SSSR count). The van der Waals surface area contributed by atoms with Gasteiger partial charge in [-0.3, -0.25) is 4.79 Å². The number of aromatic nitrogens is 1. The van der Waals surface area contributed by atoms with Gasteiger partial charge in [0.05, 0.1) is 5.56 Å². The molecule has 1 aliphatic rings. The van der Waals surface area contributed by atoms with Crippen LogP contribution in [0, 0.1) is 0 Å². The molecular formula is C19H24ClN3OS. The lowest BCUT2D eigenvalue weighted by Gasteiger charge is -2.21. The van der Waals surface area contributed by atoms with Gasteiger partial charge in [0.2, 0.25) is 0 Å². The standard InChI is InChI=1S/C19H23N3OS.ClH/c23-19(22-13-5-10-20-12-14-22)17-8-4-11-21-18(17)24-15-9-16-6-2-1-3-7-16;/h1-4,6-8,11,20H,5,9-10,12-15H2;1H. The Bertz CT molecular complexity index is 661. The number of halogens is 1. The maximum Gasteiger partial charge on any atom is 0.256 e.